The van der Waals surface area contributed by atoms with Crippen molar-refractivity contribution in [2.24, 2.45) is 5.92 Å². The Morgan fingerprint density at radius 3 is 3.20 bits per heavy atom. The average molecular weight is 208 g/mol. The summed E-state index contributed by atoms with van der Waals surface area (Å²) >= 11 is 0. The predicted octanol–water partition coefficient (Wildman–Crippen LogP) is 1.39. The topological polar surface area (TPSA) is 57.4 Å². The standard InChI is InChI=1S/C11H16N2O2/c1-8-4-10(12)11(13-5-8)15-7-9-2-3-14-6-9/h4-5,9H,2-3,6-7,12H2,1H3. The molecule has 1 fully saturated rings. The quantitative estimate of drug-likeness (QED) is 0.815. The minimum Gasteiger partial charge on any atom is -0.476 e. The molecule has 1 aromatic rings. The minimum absolute atomic E-state index is 0.479. The fourth-order valence-electron chi connectivity index (χ4n) is 1.61. The maximum Gasteiger partial charge on any atom is 0.237 e. The van der Waals surface area contributed by atoms with E-state index in [0.29, 0.717) is 24.1 Å². The number of ether oxygens (including phenoxy) is 2. The van der Waals surface area contributed by atoms with Crippen LogP contribution in [0.2, 0.25) is 0 Å². The summed E-state index contributed by atoms with van der Waals surface area (Å²) < 4.78 is 10.8. The molecule has 1 atom stereocenters. The van der Waals surface area contributed by atoms with Gasteiger partial charge in [-0.05, 0) is 25.0 Å². The van der Waals surface area contributed by atoms with Crippen molar-refractivity contribution in [1.82, 2.24) is 4.98 Å². The highest BCUT2D eigenvalue weighted by Crippen LogP contribution is 2.20. The number of nitrogens with zero attached hydrogens (tertiary/aromatic N) is 1. The highest BCUT2D eigenvalue weighted by atomic mass is 16.5. The molecule has 82 valence electrons. The van der Waals surface area contributed by atoms with Gasteiger partial charge in [0.1, 0.15) is 0 Å². The molecule has 2 N–H and O–H groups in total. The van der Waals surface area contributed by atoms with E-state index in [-0.39, 0.29) is 0 Å². The summed E-state index contributed by atoms with van der Waals surface area (Å²) in [7, 11) is 0. The molecule has 0 bridgehead atoms. The van der Waals surface area contributed by atoms with Gasteiger partial charge in [0.05, 0.1) is 18.9 Å². The van der Waals surface area contributed by atoms with Gasteiger partial charge < -0.3 is 15.2 Å². The zero-order valence-corrected chi connectivity index (χ0v) is 8.90. The van der Waals surface area contributed by atoms with E-state index in [1.54, 1.807) is 6.20 Å². The second kappa shape index (κ2) is 4.49. The Hall–Kier alpha value is -1.29. The van der Waals surface area contributed by atoms with E-state index in [1.807, 2.05) is 13.0 Å². The smallest absolute Gasteiger partial charge is 0.237 e. The molecule has 15 heavy (non-hydrogen) atoms. The second-order valence-electron chi connectivity index (χ2n) is 3.95. The molecule has 4 heteroatoms. The van der Waals surface area contributed by atoms with Gasteiger partial charge in [0.15, 0.2) is 0 Å². The van der Waals surface area contributed by atoms with Crippen LogP contribution in [0.25, 0.3) is 0 Å². The highest BCUT2D eigenvalue weighted by molar-refractivity contribution is 5.49. The molecular formula is C11H16N2O2. The van der Waals surface area contributed by atoms with Gasteiger partial charge in [0.2, 0.25) is 5.88 Å². The molecule has 0 aromatic carbocycles. The molecule has 0 saturated carbocycles. The Morgan fingerprint density at radius 1 is 1.67 bits per heavy atom. The van der Waals surface area contributed by atoms with E-state index in [2.05, 4.69) is 4.98 Å². The lowest BCUT2D eigenvalue weighted by molar-refractivity contribution is 0.166. The van der Waals surface area contributed by atoms with Crippen molar-refractivity contribution in [3.63, 3.8) is 0 Å². The van der Waals surface area contributed by atoms with E-state index in [0.717, 1.165) is 25.2 Å². The molecular weight excluding hydrogens is 192 g/mol. The maximum atomic E-state index is 5.79. The van der Waals surface area contributed by atoms with Crippen molar-refractivity contribution >= 4 is 5.69 Å². The van der Waals surface area contributed by atoms with Crippen LogP contribution in [-0.2, 0) is 4.74 Å². The van der Waals surface area contributed by atoms with E-state index in [9.17, 15) is 0 Å². The molecule has 0 radical (unpaired) electrons. The molecule has 1 aromatic heterocycles. The number of anilines is 1. The van der Waals surface area contributed by atoms with Crippen LogP contribution in [0, 0.1) is 12.8 Å². The SMILES string of the molecule is Cc1cnc(OCC2CCOC2)c(N)c1. The summed E-state index contributed by atoms with van der Waals surface area (Å²) in [5.41, 5.74) is 7.44. The van der Waals surface area contributed by atoms with Crippen LogP contribution in [0.15, 0.2) is 12.3 Å². The van der Waals surface area contributed by atoms with E-state index < -0.39 is 0 Å². The highest BCUT2D eigenvalue weighted by Gasteiger charge is 2.16. The van der Waals surface area contributed by atoms with Crippen molar-refractivity contribution in [2.75, 3.05) is 25.6 Å². The van der Waals surface area contributed by atoms with Gasteiger partial charge in [-0.25, -0.2) is 4.98 Å². The van der Waals surface area contributed by atoms with Crippen LogP contribution in [0.3, 0.4) is 0 Å². The van der Waals surface area contributed by atoms with E-state index in [1.165, 1.54) is 0 Å². The Labute approximate surface area is 89.4 Å². The number of aromatic nitrogens is 1. The lowest BCUT2D eigenvalue weighted by Gasteiger charge is -2.11. The van der Waals surface area contributed by atoms with Crippen molar-refractivity contribution < 1.29 is 9.47 Å². The van der Waals surface area contributed by atoms with Gasteiger partial charge in [-0.2, -0.15) is 0 Å². The summed E-state index contributed by atoms with van der Waals surface area (Å²) in [5.74, 6) is 1.01. The first-order valence-corrected chi connectivity index (χ1v) is 5.18. The van der Waals surface area contributed by atoms with Gasteiger partial charge in [0.25, 0.3) is 0 Å². The molecule has 1 aliphatic heterocycles. The third-order valence-corrected chi connectivity index (χ3v) is 2.50. The van der Waals surface area contributed by atoms with Gasteiger partial charge in [-0.15, -0.1) is 0 Å². The predicted molar refractivity (Wildman–Crippen MR) is 57.8 cm³/mol. The van der Waals surface area contributed by atoms with Crippen molar-refractivity contribution in [1.29, 1.82) is 0 Å². The largest absolute Gasteiger partial charge is 0.476 e. The lowest BCUT2D eigenvalue weighted by atomic mass is 10.1. The number of nitrogen functional groups attached to an aromatic ring is 1. The van der Waals surface area contributed by atoms with Crippen LogP contribution in [0.5, 0.6) is 5.88 Å². The number of hydrogen-bond acceptors (Lipinski definition) is 4. The van der Waals surface area contributed by atoms with Crippen molar-refractivity contribution in [3.8, 4) is 5.88 Å². The third-order valence-electron chi connectivity index (χ3n) is 2.50. The molecule has 2 rings (SSSR count). The molecule has 1 saturated heterocycles. The first-order chi connectivity index (χ1) is 7.25. The monoisotopic (exact) mass is 208 g/mol. The van der Waals surface area contributed by atoms with Gasteiger partial charge in [0, 0.05) is 18.7 Å². The van der Waals surface area contributed by atoms with Gasteiger partial charge in [-0.3, -0.25) is 0 Å². The lowest BCUT2D eigenvalue weighted by Crippen LogP contribution is -2.13. The Morgan fingerprint density at radius 2 is 2.53 bits per heavy atom. The Balaban J connectivity index is 1.92. The summed E-state index contributed by atoms with van der Waals surface area (Å²) in [4.78, 5) is 4.15. The van der Waals surface area contributed by atoms with Gasteiger partial charge in [-0.1, -0.05) is 0 Å². The first kappa shape index (κ1) is 10.2. The molecule has 1 unspecified atom stereocenters. The fourth-order valence-corrected chi connectivity index (χ4v) is 1.61. The normalized spacial score (nSPS) is 20.5. The van der Waals surface area contributed by atoms with Crippen LogP contribution >= 0.6 is 0 Å². The summed E-state index contributed by atoms with van der Waals surface area (Å²) in [6.07, 6.45) is 2.82. The third kappa shape index (κ3) is 2.59. The summed E-state index contributed by atoms with van der Waals surface area (Å²) in [6, 6.07) is 1.87. The zero-order valence-electron chi connectivity index (χ0n) is 8.90. The van der Waals surface area contributed by atoms with Crippen molar-refractivity contribution in [2.45, 2.75) is 13.3 Å². The van der Waals surface area contributed by atoms with Crippen LogP contribution in [-0.4, -0.2) is 24.8 Å². The fraction of sp³-hybridized carbons (Fsp3) is 0.545. The number of nitrogens with two attached hydrogens (primary N) is 1. The zero-order chi connectivity index (χ0) is 10.7. The summed E-state index contributed by atoms with van der Waals surface area (Å²) in [5, 5.41) is 0. The number of pyridine rings is 1. The van der Waals surface area contributed by atoms with Crippen LogP contribution < -0.4 is 10.5 Å². The van der Waals surface area contributed by atoms with Crippen LogP contribution in [0.1, 0.15) is 12.0 Å². The minimum atomic E-state index is 0.479. The van der Waals surface area contributed by atoms with E-state index >= 15 is 0 Å². The second-order valence-corrected chi connectivity index (χ2v) is 3.95. The van der Waals surface area contributed by atoms with E-state index in [4.69, 9.17) is 15.2 Å². The molecule has 4 nitrogen and oxygen atoms in total. The average Bonchev–Trinajstić information content (AvgIpc) is 2.69. The molecule has 0 aliphatic carbocycles. The Bertz CT molecular complexity index is 335. The number of aryl methyl sites for hydroxylation is 1. The van der Waals surface area contributed by atoms with Crippen molar-refractivity contribution in [3.05, 3.63) is 17.8 Å². The maximum absolute atomic E-state index is 5.79. The molecule has 1 aliphatic rings. The first-order valence-electron chi connectivity index (χ1n) is 5.18. The number of hydrogen-bond donors (Lipinski definition) is 1. The molecule has 0 amide bonds. The molecule has 2 heterocycles. The van der Waals surface area contributed by atoms with Crippen LogP contribution in [0.4, 0.5) is 5.69 Å². The summed E-state index contributed by atoms with van der Waals surface area (Å²) in [6.45, 7) is 4.22. The Kier molecular flexibility index (Phi) is 3.06. The van der Waals surface area contributed by atoms with Gasteiger partial charge >= 0.3 is 0 Å². The number of rotatable bonds is 3. The molecule has 0 spiro atoms.